The van der Waals surface area contributed by atoms with Crippen LogP contribution in [0.15, 0.2) is 24.3 Å². The van der Waals surface area contributed by atoms with Gasteiger partial charge in [-0.2, -0.15) is 0 Å². The van der Waals surface area contributed by atoms with Gasteiger partial charge in [-0.05, 0) is 37.0 Å². The second-order valence-corrected chi connectivity index (χ2v) is 10.2. The number of rotatable bonds is 24. The van der Waals surface area contributed by atoms with E-state index in [2.05, 4.69) is 20.8 Å². The average molecular weight is 621 g/mol. The maximum absolute atomic E-state index is 14.0. The van der Waals surface area contributed by atoms with Crippen molar-refractivity contribution in [3.05, 3.63) is 35.4 Å². The normalized spacial score (nSPS) is 15.5. The molecule has 0 bridgehead atoms. The zero-order chi connectivity index (χ0) is 31.7. The molecular formula is C33H48O11. The Morgan fingerprint density at radius 2 is 1.11 bits per heavy atom. The quantitative estimate of drug-likeness (QED) is 0.0555. The monoisotopic (exact) mass is 620 g/mol. The number of ether oxygens (including phenoxy) is 10. The summed E-state index contributed by atoms with van der Waals surface area (Å²) in [6.07, 6.45) is 4.34. The molecule has 44 heavy (non-hydrogen) atoms. The van der Waals surface area contributed by atoms with E-state index >= 15 is 0 Å². The van der Waals surface area contributed by atoms with Crippen molar-refractivity contribution in [3.8, 4) is 34.5 Å². The summed E-state index contributed by atoms with van der Waals surface area (Å²) in [5.41, 5.74) is 0.942. The van der Waals surface area contributed by atoms with Crippen molar-refractivity contribution in [2.45, 2.75) is 71.5 Å². The van der Waals surface area contributed by atoms with E-state index in [0.717, 1.165) is 44.1 Å². The van der Waals surface area contributed by atoms with Crippen molar-refractivity contribution in [1.29, 1.82) is 0 Å². The van der Waals surface area contributed by atoms with Crippen LogP contribution in [0.4, 0.5) is 0 Å². The van der Waals surface area contributed by atoms with Gasteiger partial charge in [0.15, 0.2) is 38.0 Å². The second kappa shape index (κ2) is 19.2. The van der Waals surface area contributed by atoms with Gasteiger partial charge in [-0.3, -0.25) is 4.79 Å². The standard InChI is InChI=1S/C33H48O11/c1-7-10-13-38-27-16-23(17-28(39-14-11-8-2)32(27)40-15-12-9-3)31-33(44-31)30(34)29-25(42-21-36-5)18-24(41-20-35-4)19-26(29)43-22-37-6/h16-19,31,33H,7-15,20-22H2,1-6H3. The molecule has 0 spiro atoms. The third-order valence-electron chi connectivity index (χ3n) is 6.67. The van der Waals surface area contributed by atoms with Crippen LogP contribution in [0.25, 0.3) is 0 Å². The van der Waals surface area contributed by atoms with Crippen LogP contribution in [0.3, 0.4) is 0 Å². The third kappa shape index (κ3) is 10.2. The lowest BCUT2D eigenvalue weighted by Crippen LogP contribution is -2.15. The third-order valence-corrected chi connectivity index (χ3v) is 6.67. The van der Waals surface area contributed by atoms with Crippen molar-refractivity contribution >= 4 is 5.78 Å². The van der Waals surface area contributed by atoms with E-state index in [0.29, 0.717) is 42.8 Å². The number of unbranched alkanes of at least 4 members (excludes halogenated alkanes) is 3. The summed E-state index contributed by atoms with van der Waals surface area (Å²) in [5.74, 6) is 2.23. The molecule has 1 aliphatic rings. The number of carbonyl (C=O) groups is 1. The van der Waals surface area contributed by atoms with Crippen LogP contribution in [0.2, 0.25) is 0 Å². The Bertz CT molecular complexity index is 1090. The fourth-order valence-electron chi connectivity index (χ4n) is 4.29. The Hall–Kier alpha value is -3.25. The van der Waals surface area contributed by atoms with Crippen LogP contribution in [-0.2, 0) is 18.9 Å². The summed E-state index contributed by atoms with van der Waals surface area (Å²) in [5, 5.41) is 0. The Morgan fingerprint density at radius 3 is 1.59 bits per heavy atom. The molecule has 1 aliphatic heterocycles. The Morgan fingerprint density at radius 1 is 0.636 bits per heavy atom. The highest BCUT2D eigenvalue weighted by Crippen LogP contribution is 2.49. The molecule has 0 amide bonds. The second-order valence-electron chi connectivity index (χ2n) is 10.2. The molecule has 0 saturated carbocycles. The molecule has 1 saturated heterocycles. The van der Waals surface area contributed by atoms with Gasteiger partial charge in [0.1, 0.15) is 28.9 Å². The van der Waals surface area contributed by atoms with Crippen molar-refractivity contribution in [2.24, 2.45) is 0 Å². The summed E-state index contributed by atoms with van der Waals surface area (Å²) in [6, 6.07) is 6.94. The van der Waals surface area contributed by atoms with Gasteiger partial charge in [0, 0.05) is 33.5 Å². The Labute approximate surface area is 260 Å². The van der Waals surface area contributed by atoms with Crippen LogP contribution < -0.4 is 28.4 Å². The van der Waals surface area contributed by atoms with Crippen molar-refractivity contribution in [2.75, 3.05) is 61.5 Å². The molecule has 0 N–H and O–H groups in total. The highest BCUT2D eigenvalue weighted by molar-refractivity contribution is 6.06. The first-order chi connectivity index (χ1) is 21.5. The Kier molecular flexibility index (Phi) is 15.4. The number of hydrogen-bond acceptors (Lipinski definition) is 11. The topological polar surface area (TPSA) is 113 Å². The molecule has 246 valence electrons. The highest BCUT2D eigenvalue weighted by atomic mass is 16.7. The fourth-order valence-corrected chi connectivity index (χ4v) is 4.29. The lowest BCUT2D eigenvalue weighted by molar-refractivity contribution is 0.0397. The molecular weight excluding hydrogens is 572 g/mol. The number of ketones is 1. The van der Waals surface area contributed by atoms with Crippen LogP contribution in [0.1, 0.15) is 81.3 Å². The minimum absolute atomic E-state index is 0.00197. The first-order valence-corrected chi connectivity index (χ1v) is 15.3. The van der Waals surface area contributed by atoms with E-state index in [1.54, 1.807) is 12.1 Å². The first kappa shape index (κ1) is 35.2. The molecule has 0 radical (unpaired) electrons. The largest absolute Gasteiger partial charge is 0.490 e. The number of methoxy groups -OCH3 is 3. The van der Waals surface area contributed by atoms with E-state index in [4.69, 9.17) is 47.4 Å². The summed E-state index contributed by atoms with van der Waals surface area (Å²) in [6.45, 7) is 7.75. The minimum atomic E-state index is -0.797. The van der Waals surface area contributed by atoms with E-state index in [1.165, 1.54) is 21.3 Å². The maximum atomic E-state index is 14.0. The Balaban J connectivity index is 1.97. The fraction of sp³-hybridized carbons (Fsp3) is 0.606. The number of Topliss-reactive ketones (excluding diaryl/α,β-unsaturated/α-hetero) is 1. The maximum Gasteiger partial charge on any atom is 0.203 e. The molecule has 11 nitrogen and oxygen atoms in total. The van der Waals surface area contributed by atoms with Gasteiger partial charge in [-0.15, -0.1) is 0 Å². The molecule has 11 heteroatoms. The summed E-state index contributed by atoms with van der Waals surface area (Å²) >= 11 is 0. The molecule has 3 rings (SSSR count). The van der Waals surface area contributed by atoms with E-state index in [9.17, 15) is 4.79 Å². The van der Waals surface area contributed by atoms with Crippen LogP contribution in [0, 0.1) is 0 Å². The van der Waals surface area contributed by atoms with Crippen LogP contribution in [-0.4, -0.2) is 73.4 Å². The summed E-state index contributed by atoms with van der Waals surface area (Å²) in [4.78, 5) is 14.0. The van der Waals surface area contributed by atoms with Gasteiger partial charge in [-0.1, -0.05) is 40.0 Å². The van der Waals surface area contributed by atoms with E-state index < -0.39 is 12.2 Å². The van der Waals surface area contributed by atoms with Crippen molar-refractivity contribution in [3.63, 3.8) is 0 Å². The van der Waals surface area contributed by atoms with E-state index in [1.807, 2.05) is 12.1 Å². The molecule has 0 aliphatic carbocycles. The molecule has 2 aromatic rings. The number of epoxide rings is 1. The predicted molar refractivity (Wildman–Crippen MR) is 164 cm³/mol. The average Bonchev–Trinajstić information content (AvgIpc) is 3.83. The lowest BCUT2D eigenvalue weighted by atomic mass is 10.00. The van der Waals surface area contributed by atoms with Gasteiger partial charge in [-0.25, -0.2) is 0 Å². The van der Waals surface area contributed by atoms with Gasteiger partial charge in [0.05, 0.1) is 19.8 Å². The summed E-state index contributed by atoms with van der Waals surface area (Å²) < 4.78 is 57.0. The van der Waals surface area contributed by atoms with Crippen LogP contribution >= 0.6 is 0 Å². The lowest BCUT2D eigenvalue weighted by Gasteiger charge is -2.18. The SMILES string of the molecule is CCCCOc1cc(C2OC2C(=O)c2c(OCOC)cc(OCOC)cc2OCOC)cc(OCCCC)c1OCCCC. The molecule has 2 atom stereocenters. The first-order valence-electron chi connectivity index (χ1n) is 15.3. The van der Waals surface area contributed by atoms with Gasteiger partial charge in [0.2, 0.25) is 11.5 Å². The predicted octanol–water partition coefficient (Wildman–Crippen LogP) is 6.49. The van der Waals surface area contributed by atoms with Gasteiger partial charge in [0.25, 0.3) is 0 Å². The molecule has 2 aromatic carbocycles. The summed E-state index contributed by atoms with van der Waals surface area (Å²) in [7, 11) is 4.49. The minimum Gasteiger partial charge on any atom is -0.490 e. The van der Waals surface area contributed by atoms with Crippen LogP contribution in [0.5, 0.6) is 34.5 Å². The molecule has 2 unspecified atom stereocenters. The van der Waals surface area contributed by atoms with Gasteiger partial charge < -0.3 is 47.4 Å². The number of hydrogen-bond donors (Lipinski definition) is 0. The molecule has 1 fully saturated rings. The highest BCUT2D eigenvalue weighted by Gasteiger charge is 2.48. The number of benzene rings is 2. The zero-order valence-corrected chi connectivity index (χ0v) is 26.9. The van der Waals surface area contributed by atoms with Crippen molar-refractivity contribution < 1.29 is 52.2 Å². The molecule has 0 aromatic heterocycles. The van der Waals surface area contributed by atoms with E-state index in [-0.39, 0.29) is 43.2 Å². The van der Waals surface area contributed by atoms with Gasteiger partial charge >= 0.3 is 0 Å². The number of carbonyl (C=O) groups excluding carboxylic acids is 1. The van der Waals surface area contributed by atoms with Crippen molar-refractivity contribution in [1.82, 2.24) is 0 Å². The zero-order valence-electron chi connectivity index (χ0n) is 26.9. The molecule has 1 heterocycles. The smallest absolute Gasteiger partial charge is 0.203 e.